The summed E-state index contributed by atoms with van der Waals surface area (Å²) in [5.41, 5.74) is 6.59. The van der Waals surface area contributed by atoms with Gasteiger partial charge in [-0.1, -0.05) is 82.1 Å². The summed E-state index contributed by atoms with van der Waals surface area (Å²) in [6, 6.07) is 37.1. The van der Waals surface area contributed by atoms with E-state index < -0.39 is 5.41 Å². The maximum absolute atomic E-state index is 6.48. The maximum atomic E-state index is 6.48. The third-order valence-corrected chi connectivity index (χ3v) is 7.63. The lowest BCUT2D eigenvalue weighted by molar-refractivity contribution is 0.430. The monoisotopic (exact) mass is 536 g/mol. The van der Waals surface area contributed by atoms with Crippen molar-refractivity contribution in [1.82, 2.24) is 0 Å². The third-order valence-electron chi connectivity index (χ3n) is 6.90. The molecule has 5 aromatic carbocycles. The molecule has 0 atom stereocenters. The van der Waals surface area contributed by atoms with Gasteiger partial charge < -0.3 is 9.47 Å². The minimum atomic E-state index is -0.534. The first kappa shape index (κ1) is 20.8. The van der Waals surface area contributed by atoms with Crippen LogP contribution in [0.25, 0.3) is 11.1 Å². The van der Waals surface area contributed by atoms with E-state index >= 15 is 0 Å². The van der Waals surface area contributed by atoms with E-state index in [0.717, 1.165) is 32.8 Å². The van der Waals surface area contributed by atoms with Gasteiger partial charge in [-0.05, 0) is 76.9 Å². The van der Waals surface area contributed by atoms with Crippen LogP contribution >= 0.6 is 27.5 Å². The Labute approximate surface area is 216 Å². The molecule has 2 nitrogen and oxygen atoms in total. The van der Waals surface area contributed by atoms with E-state index in [1.54, 1.807) is 0 Å². The summed E-state index contributed by atoms with van der Waals surface area (Å²) in [7, 11) is 0. The van der Waals surface area contributed by atoms with Gasteiger partial charge in [0.15, 0.2) is 0 Å². The van der Waals surface area contributed by atoms with Crippen molar-refractivity contribution in [3.05, 3.63) is 141 Å². The predicted molar refractivity (Wildman–Crippen MR) is 143 cm³/mol. The highest BCUT2D eigenvalue weighted by Gasteiger charge is 2.51. The van der Waals surface area contributed by atoms with Crippen LogP contribution in [0, 0.1) is 0 Å². The number of halogens is 2. The van der Waals surface area contributed by atoms with E-state index in [1.807, 2.05) is 48.5 Å². The lowest BCUT2D eigenvalue weighted by Crippen LogP contribution is -2.32. The Hall–Kier alpha value is -3.53. The zero-order chi connectivity index (χ0) is 23.6. The molecule has 0 N–H and O–H groups in total. The summed E-state index contributed by atoms with van der Waals surface area (Å²) in [4.78, 5) is 0. The van der Waals surface area contributed by atoms with Crippen LogP contribution in [-0.2, 0) is 5.41 Å². The Balaban J connectivity index is 1.54. The van der Waals surface area contributed by atoms with Gasteiger partial charge in [0.05, 0.1) is 5.41 Å². The number of ether oxygens (including phenoxy) is 2. The van der Waals surface area contributed by atoms with Crippen LogP contribution in [0.3, 0.4) is 0 Å². The summed E-state index contributed by atoms with van der Waals surface area (Å²) in [5, 5.41) is 0.637. The molecular weight excluding hydrogens is 520 g/mol. The second kappa shape index (κ2) is 7.74. The highest BCUT2D eigenvalue weighted by atomic mass is 79.9. The van der Waals surface area contributed by atoms with E-state index in [0.29, 0.717) is 10.8 Å². The van der Waals surface area contributed by atoms with Crippen molar-refractivity contribution < 1.29 is 9.47 Å². The molecule has 168 valence electrons. The van der Waals surface area contributed by atoms with Crippen molar-refractivity contribution in [1.29, 1.82) is 0 Å². The van der Waals surface area contributed by atoms with Gasteiger partial charge in [-0.3, -0.25) is 0 Å². The van der Waals surface area contributed by atoms with Crippen molar-refractivity contribution in [3.63, 3.8) is 0 Å². The summed E-state index contributed by atoms with van der Waals surface area (Å²) < 4.78 is 13.8. The molecule has 0 saturated carbocycles. The first-order valence-electron chi connectivity index (χ1n) is 11.4. The standard InChI is InChI=1S/C31H18BrClO2/c32-19-12-14-29-27(16-19)31(25-10-3-1-8-23(25)24-9-2-4-11-26(24)31)28-18-22(13-15-30(28)35-29)34-21-7-5-6-20(33)17-21/h1-18H. The van der Waals surface area contributed by atoms with Crippen LogP contribution in [0.5, 0.6) is 23.0 Å². The molecular formula is C31H18BrClO2. The lowest BCUT2D eigenvalue weighted by Gasteiger charge is -2.39. The van der Waals surface area contributed by atoms with Crippen LogP contribution in [0.1, 0.15) is 22.3 Å². The van der Waals surface area contributed by atoms with Crippen LogP contribution in [0.4, 0.5) is 0 Å². The molecule has 1 aliphatic carbocycles. The van der Waals surface area contributed by atoms with Crippen LogP contribution in [-0.4, -0.2) is 0 Å². The molecule has 2 aliphatic rings. The van der Waals surface area contributed by atoms with Crippen molar-refractivity contribution >= 4 is 27.5 Å². The molecule has 0 aromatic heterocycles. The molecule has 1 aliphatic heterocycles. The van der Waals surface area contributed by atoms with Gasteiger partial charge in [-0.2, -0.15) is 0 Å². The number of rotatable bonds is 2. The summed E-state index contributed by atoms with van der Waals surface area (Å²) in [5.74, 6) is 3.10. The molecule has 0 radical (unpaired) electrons. The zero-order valence-electron chi connectivity index (χ0n) is 18.5. The van der Waals surface area contributed by atoms with E-state index in [1.165, 1.54) is 22.3 Å². The van der Waals surface area contributed by atoms with Crippen LogP contribution < -0.4 is 9.47 Å². The van der Waals surface area contributed by atoms with Gasteiger partial charge in [0, 0.05) is 20.6 Å². The quantitative estimate of drug-likeness (QED) is 0.219. The Bertz CT molecular complexity index is 1600. The van der Waals surface area contributed by atoms with Gasteiger partial charge in [0.25, 0.3) is 0 Å². The fraction of sp³-hybridized carbons (Fsp3) is 0.0323. The molecule has 0 amide bonds. The van der Waals surface area contributed by atoms with Crippen molar-refractivity contribution in [3.8, 4) is 34.1 Å². The molecule has 0 fully saturated rings. The van der Waals surface area contributed by atoms with Gasteiger partial charge in [0.1, 0.15) is 23.0 Å². The fourth-order valence-corrected chi connectivity index (χ4v) is 6.13. The Morgan fingerprint density at radius 1 is 0.600 bits per heavy atom. The fourth-order valence-electron chi connectivity index (χ4n) is 5.58. The van der Waals surface area contributed by atoms with E-state index in [4.69, 9.17) is 21.1 Å². The minimum absolute atomic E-state index is 0.534. The average Bonchev–Trinajstić information content (AvgIpc) is 3.17. The van der Waals surface area contributed by atoms with E-state index in [2.05, 4.69) is 76.6 Å². The van der Waals surface area contributed by atoms with E-state index in [-0.39, 0.29) is 0 Å². The zero-order valence-corrected chi connectivity index (χ0v) is 20.8. The highest BCUT2D eigenvalue weighted by molar-refractivity contribution is 9.10. The molecule has 35 heavy (non-hydrogen) atoms. The second-order valence-electron chi connectivity index (χ2n) is 8.80. The molecule has 7 rings (SSSR count). The first-order valence-corrected chi connectivity index (χ1v) is 12.6. The topological polar surface area (TPSA) is 18.5 Å². The molecule has 5 aromatic rings. The average molecular weight is 538 g/mol. The molecule has 1 spiro atoms. The van der Waals surface area contributed by atoms with Gasteiger partial charge >= 0.3 is 0 Å². The summed E-state index contributed by atoms with van der Waals surface area (Å²) >= 11 is 9.92. The number of hydrogen-bond acceptors (Lipinski definition) is 2. The number of fused-ring (bicyclic) bond motifs is 9. The third kappa shape index (κ3) is 3.02. The van der Waals surface area contributed by atoms with Gasteiger partial charge in [-0.15, -0.1) is 0 Å². The molecule has 1 heterocycles. The van der Waals surface area contributed by atoms with Crippen LogP contribution in [0.2, 0.25) is 5.02 Å². The second-order valence-corrected chi connectivity index (χ2v) is 10.2. The predicted octanol–water partition coefficient (Wildman–Crippen LogP) is 9.36. The summed E-state index contributed by atoms with van der Waals surface area (Å²) in [6.07, 6.45) is 0. The largest absolute Gasteiger partial charge is 0.457 e. The van der Waals surface area contributed by atoms with Crippen molar-refractivity contribution in [2.45, 2.75) is 5.41 Å². The highest BCUT2D eigenvalue weighted by Crippen LogP contribution is 2.62. The SMILES string of the molecule is Clc1cccc(Oc2ccc3c(c2)C2(c4cc(Br)ccc4O3)c3ccccc3-c3ccccc32)c1. The normalized spacial score (nSPS) is 13.9. The molecule has 0 saturated heterocycles. The van der Waals surface area contributed by atoms with Crippen molar-refractivity contribution in [2.24, 2.45) is 0 Å². The maximum Gasteiger partial charge on any atom is 0.132 e. The minimum Gasteiger partial charge on any atom is -0.457 e. The Morgan fingerprint density at radius 3 is 1.94 bits per heavy atom. The number of benzene rings is 5. The number of hydrogen-bond donors (Lipinski definition) is 0. The first-order chi connectivity index (χ1) is 17.1. The smallest absolute Gasteiger partial charge is 0.132 e. The summed E-state index contributed by atoms with van der Waals surface area (Å²) in [6.45, 7) is 0. The lowest BCUT2D eigenvalue weighted by atomic mass is 9.66. The van der Waals surface area contributed by atoms with Gasteiger partial charge in [0.2, 0.25) is 0 Å². The Kier molecular flexibility index (Phi) is 4.60. The molecule has 0 unspecified atom stereocenters. The molecule has 4 heteroatoms. The Morgan fingerprint density at radius 2 is 1.23 bits per heavy atom. The van der Waals surface area contributed by atoms with Gasteiger partial charge in [-0.25, -0.2) is 0 Å². The van der Waals surface area contributed by atoms with Crippen LogP contribution in [0.15, 0.2) is 114 Å². The van der Waals surface area contributed by atoms with Crippen molar-refractivity contribution in [2.75, 3.05) is 0 Å². The molecule has 0 bridgehead atoms. The van der Waals surface area contributed by atoms with E-state index in [9.17, 15) is 0 Å².